The van der Waals surface area contributed by atoms with Crippen molar-refractivity contribution in [3.63, 3.8) is 0 Å². The van der Waals surface area contributed by atoms with Gasteiger partial charge < -0.3 is 15.5 Å². The third kappa shape index (κ3) is 2.60. The molecule has 3 N–H and O–H groups in total. The van der Waals surface area contributed by atoms with E-state index in [0.29, 0.717) is 30.5 Å². The summed E-state index contributed by atoms with van der Waals surface area (Å²) in [5.41, 5.74) is 2.41. The number of fused-ring (bicyclic) bond motifs is 3. The van der Waals surface area contributed by atoms with Gasteiger partial charge in [-0.3, -0.25) is 19.7 Å². The van der Waals surface area contributed by atoms with Crippen LogP contribution in [-0.2, 0) is 19.8 Å². The molecule has 0 radical (unpaired) electrons. The summed E-state index contributed by atoms with van der Waals surface area (Å²) in [5.74, 6) is -0.280. The van der Waals surface area contributed by atoms with Crippen molar-refractivity contribution >= 4 is 46.5 Å². The molecule has 3 aliphatic rings. The fraction of sp³-hybridized carbons (Fsp3) is 0.333. The minimum atomic E-state index is -0.567. The summed E-state index contributed by atoms with van der Waals surface area (Å²) in [5, 5.41) is 13.0. The van der Waals surface area contributed by atoms with E-state index in [1.807, 2.05) is 36.9 Å². The summed E-state index contributed by atoms with van der Waals surface area (Å²) in [6.07, 6.45) is 3.31. The Balaban J connectivity index is 1.29. The molecule has 162 valence electrons. The highest BCUT2D eigenvalue weighted by Crippen LogP contribution is 2.39. The maximum Gasteiger partial charge on any atom is 0.247 e. The first-order valence-corrected chi connectivity index (χ1v) is 10.4. The summed E-state index contributed by atoms with van der Waals surface area (Å²) < 4.78 is 1.61. The molecule has 3 amide bonds. The van der Waals surface area contributed by atoms with Gasteiger partial charge in [-0.1, -0.05) is 6.07 Å². The van der Waals surface area contributed by atoms with Gasteiger partial charge >= 0.3 is 0 Å². The van der Waals surface area contributed by atoms with Gasteiger partial charge in [0.2, 0.25) is 23.7 Å². The Morgan fingerprint density at radius 2 is 1.84 bits per heavy atom. The molecule has 2 saturated heterocycles. The topological polar surface area (TPSA) is 134 Å². The van der Waals surface area contributed by atoms with Gasteiger partial charge in [0.1, 0.15) is 0 Å². The molecule has 0 bridgehead atoms. The molecular weight excluding hydrogens is 412 g/mol. The second-order valence-electron chi connectivity index (χ2n) is 8.89. The zero-order valence-corrected chi connectivity index (χ0v) is 17.4. The molecule has 3 aliphatic heterocycles. The maximum absolute atomic E-state index is 12.2. The van der Waals surface area contributed by atoms with Crippen molar-refractivity contribution in [2.24, 2.45) is 11.8 Å². The van der Waals surface area contributed by atoms with Crippen molar-refractivity contribution in [2.45, 2.75) is 19.3 Å². The number of carbonyl (C=O) groups is 3. The highest BCUT2D eigenvalue weighted by Gasteiger charge is 2.48. The van der Waals surface area contributed by atoms with Gasteiger partial charge in [0.15, 0.2) is 11.5 Å². The number of nitrogens with zero attached hydrogens (tertiary/aromatic N) is 5. The molecule has 3 aromatic rings. The van der Waals surface area contributed by atoms with Crippen molar-refractivity contribution in [1.29, 1.82) is 0 Å². The first kappa shape index (κ1) is 18.7. The summed E-state index contributed by atoms with van der Waals surface area (Å²) in [6, 6.07) is 5.67. The van der Waals surface area contributed by atoms with E-state index in [1.165, 1.54) is 0 Å². The van der Waals surface area contributed by atoms with E-state index in [2.05, 4.69) is 31.0 Å². The summed E-state index contributed by atoms with van der Waals surface area (Å²) in [6.45, 7) is 4.60. The molecule has 11 heteroatoms. The standard InChI is InChI=1S/C21H20N8O3/c1-21(2)13-4-3-10(7-14(13)24-19(21)32)23-20-25-16-15(22-5-6-29(16)27-20)28-8-11-12(9-28)18(31)26-17(11)30/h3-7,11-12H,8-9H2,1-2H3,(H,23,27)(H,24,32)(H,26,30,31). The van der Waals surface area contributed by atoms with Gasteiger partial charge in [0.05, 0.1) is 17.3 Å². The van der Waals surface area contributed by atoms with E-state index in [9.17, 15) is 14.4 Å². The second kappa shape index (κ2) is 6.25. The number of benzene rings is 1. The maximum atomic E-state index is 12.2. The molecule has 2 atom stereocenters. The predicted octanol–water partition coefficient (Wildman–Crippen LogP) is 0.806. The quantitative estimate of drug-likeness (QED) is 0.518. The van der Waals surface area contributed by atoms with Gasteiger partial charge in [-0.15, -0.1) is 5.10 Å². The third-order valence-corrected chi connectivity index (χ3v) is 6.54. The number of carbonyl (C=O) groups excluding carboxylic acids is 3. The van der Waals surface area contributed by atoms with Crippen molar-refractivity contribution < 1.29 is 14.4 Å². The molecule has 2 fully saturated rings. The Morgan fingerprint density at radius 3 is 2.59 bits per heavy atom. The van der Waals surface area contributed by atoms with Gasteiger partial charge in [-0.25, -0.2) is 9.50 Å². The van der Waals surface area contributed by atoms with Crippen LogP contribution in [0.4, 0.5) is 23.1 Å². The first-order valence-electron chi connectivity index (χ1n) is 10.4. The van der Waals surface area contributed by atoms with E-state index >= 15 is 0 Å². The minimum absolute atomic E-state index is 0.0336. The minimum Gasteiger partial charge on any atom is -0.352 e. The van der Waals surface area contributed by atoms with Gasteiger partial charge in [-0.2, -0.15) is 4.98 Å². The SMILES string of the molecule is CC1(C)C(=O)Nc2cc(Nc3nc4c(N5CC6C(=O)NC(=O)C6C5)nccn4n3)ccc21. The molecular formula is C21H20N8O3. The number of nitrogens with one attached hydrogen (secondary N) is 3. The largest absolute Gasteiger partial charge is 0.352 e. The van der Waals surface area contributed by atoms with Crippen LogP contribution in [-0.4, -0.2) is 50.4 Å². The number of imide groups is 1. The zero-order valence-electron chi connectivity index (χ0n) is 17.4. The molecule has 1 aromatic carbocycles. The summed E-state index contributed by atoms with van der Waals surface area (Å²) >= 11 is 0. The number of hydrogen-bond donors (Lipinski definition) is 3. The molecule has 11 nitrogen and oxygen atoms in total. The Kier molecular flexibility index (Phi) is 3.66. The molecule has 5 heterocycles. The Hall–Kier alpha value is -4.02. The molecule has 0 saturated carbocycles. The number of rotatable bonds is 3. The van der Waals surface area contributed by atoms with Crippen LogP contribution in [0.5, 0.6) is 0 Å². The van der Waals surface area contributed by atoms with Crippen LogP contribution in [0.2, 0.25) is 0 Å². The monoisotopic (exact) mass is 432 g/mol. The highest BCUT2D eigenvalue weighted by atomic mass is 16.2. The lowest BCUT2D eigenvalue weighted by molar-refractivity contribution is -0.126. The van der Waals surface area contributed by atoms with Crippen molar-refractivity contribution in [2.75, 3.05) is 28.6 Å². The van der Waals surface area contributed by atoms with Crippen LogP contribution < -0.4 is 20.9 Å². The Bertz CT molecular complexity index is 1310. The smallest absolute Gasteiger partial charge is 0.247 e. The predicted molar refractivity (Wildman–Crippen MR) is 115 cm³/mol. The van der Waals surface area contributed by atoms with Crippen LogP contribution in [0, 0.1) is 11.8 Å². The second-order valence-corrected chi connectivity index (χ2v) is 8.89. The lowest BCUT2D eigenvalue weighted by atomic mass is 9.86. The average Bonchev–Trinajstić information content (AvgIpc) is 3.47. The van der Waals surface area contributed by atoms with Crippen molar-refractivity contribution in [3.8, 4) is 0 Å². The van der Waals surface area contributed by atoms with E-state index in [1.54, 1.807) is 16.9 Å². The van der Waals surface area contributed by atoms with Crippen LogP contribution in [0.25, 0.3) is 5.65 Å². The van der Waals surface area contributed by atoms with Crippen LogP contribution >= 0.6 is 0 Å². The molecule has 0 aliphatic carbocycles. The molecule has 0 spiro atoms. The van der Waals surface area contributed by atoms with Crippen LogP contribution in [0.1, 0.15) is 19.4 Å². The fourth-order valence-corrected chi connectivity index (χ4v) is 4.70. The Labute approximate surface area is 182 Å². The number of anilines is 4. The first-order chi connectivity index (χ1) is 15.3. The molecule has 2 unspecified atom stereocenters. The summed E-state index contributed by atoms with van der Waals surface area (Å²) in [4.78, 5) is 47.1. The van der Waals surface area contributed by atoms with E-state index in [0.717, 1.165) is 16.9 Å². The molecule has 6 rings (SSSR count). The summed E-state index contributed by atoms with van der Waals surface area (Å²) in [7, 11) is 0. The zero-order chi connectivity index (χ0) is 22.2. The van der Waals surface area contributed by atoms with Crippen LogP contribution in [0.15, 0.2) is 30.6 Å². The third-order valence-electron chi connectivity index (χ3n) is 6.54. The van der Waals surface area contributed by atoms with E-state index in [-0.39, 0.29) is 29.6 Å². The highest BCUT2D eigenvalue weighted by molar-refractivity contribution is 6.07. The fourth-order valence-electron chi connectivity index (χ4n) is 4.70. The number of aromatic nitrogens is 4. The number of hydrogen-bond acceptors (Lipinski definition) is 8. The van der Waals surface area contributed by atoms with E-state index in [4.69, 9.17) is 0 Å². The number of amides is 3. The lowest BCUT2D eigenvalue weighted by Gasteiger charge is -2.17. The van der Waals surface area contributed by atoms with Crippen molar-refractivity contribution in [3.05, 3.63) is 36.2 Å². The normalized spacial score (nSPS) is 23.3. The van der Waals surface area contributed by atoms with Gasteiger partial charge in [0.25, 0.3) is 0 Å². The van der Waals surface area contributed by atoms with Gasteiger partial charge in [-0.05, 0) is 31.5 Å². The van der Waals surface area contributed by atoms with Crippen LogP contribution in [0.3, 0.4) is 0 Å². The molecule has 32 heavy (non-hydrogen) atoms. The average molecular weight is 432 g/mol. The van der Waals surface area contributed by atoms with E-state index < -0.39 is 5.41 Å². The van der Waals surface area contributed by atoms with Gasteiger partial charge in [0, 0.05) is 36.9 Å². The van der Waals surface area contributed by atoms with Crippen molar-refractivity contribution in [1.82, 2.24) is 24.9 Å². The molecule has 2 aromatic heterocycles. The Morgan fingerprint density at radius 1 is 1.09 bits per heavy atom. The lowest BCUT2D eigenvalue weighted by Crippen LogP contribution is -2.32.